The third kappa shape index (κ3) is 2.37. The van der Waals surface area contributed by atoms with Crippen LogP contribution in [0.4, 0.5) is 0 Å². The van der Waals surface area contributed by atoms with E-state index in [0.29, 0.717) is 5.88 Å². The van der Waals surface area contributed by atoms with Gasteiger partial charge in [-0.05, 0) is 29.6 Å². The number of carbonyl (C=O) groups is 1. The molecule has 0 unspecified atom stereocenters. The van der Waals surface area contributed by atoms with Gasteiger partial charge in [0.2, 0.25) is 5.88 Å². The van der Waals surface area contributed by atoms with Crippen LogP contribution in [0.1, 0.15) is 10.4 Å². The van der Waals surface area contributed by atoms with Crippen LogP contribution in [0.3, 0.4) is 0 Å². The Labute approximate surface area is 126 Å². The van der Waals surface area contributed by atoms with Crippen LogP contribution in [0.5, 0.6) is 11.6 Å². The van der Waals surface area contributed by atoms with Crippen LogP contribution in [0, 0.1) is 0 Å². The molecule has 1 aromatic carbocycles. The second kappa shape index (κ2) is 5.18. The third-order valence-electron chi connectivity index (χ3n) is 2.61. The molecule has 0 aliphatic rings. The highest BCUT2D eigenvalue weighted by molar-refractivity contribution is 9.10. The summed E-state index contributed by atoms with van der Waals surface area (Å²) in [6.45, 7) is 0. The number of hydrogen-bond donors (Lipinski definition) is 1. The van der Waals surface area contributed by atoms with E-state index in [9.17, 15) is 9.90 Å². The molecular weight excluding hydrogens is 344 g/mol. The fourth-order valence-corrected chi connectivity index (χ4v) is 2.77. The predicted molar refractivity (Wildman–Crippen MR) is 78.6 cm³/mol. The third-order valence-corrected chi connectivity index (χ3v) is 3.92. The van der Waals surface area contributed by atoms with Gasteiger partial charge in [-0.2, -0.15) is 0 Å². The van der Waals surface area contributed by atoms with Crippen LogP contribution >= 0.6 is 27.3 Å². The number of nitrogens with zero attached hydrogens (tertiary/aromatic N) is 2. The predicted octanol–water partition coefficient (Wildman–Crippen LogP) is 3.94. The lowest BCUT2D eigenvalue weighted by molar-refractivity contribution is 0.0694. The number of rotatable bonds is 3. The van der Waals surface area contributed by atoms with Gasteiger partial charge in [-0.25, -0.2) is 14.8 Å². The molecule has 0 aliphatic heterocycles. The van der Waals surface area contributed by atoms with Crippen LogP contribution in [0.2, 0.25) is 0 Å². The largest absolute Gasteiger partial charge is 0.478 e. The normalized spacial score (nSPS) is 10.7. The molecule has 1 N–H and O–H groups in total. The quantitative estimate of drug-likeness (QED) is 0.774. The zero-order valence-corrected chi connectivity index (χ0v) is 12.3. The molecule has 0 saturated carbocycles. The fraction of sp³-hybridized carbons (Fsp3) is 0. The molecule has 2 aromatic heterocycles. The summed E-state index contributed by atoms with van der Waals surface area (Å²) in [7, 11) is 0. The lowest BCUT2D eigenvalue weighted by atomic mass is 10.2. The molecule has 2 heterocycles. The van der Waals surface area contributed by atoms with E-state index < -0.39 is 5.97 Å². The van der Waals surface area contributed by atoms with Crippen molar-refractivity contribution in [2.24, 2.45) is 0 Å². The number of aromatic carboxylic acids is 1. The van der Waals surface area contributed by atoms with E-state index in [0.717, 1.165) is 14.7 Å². The monoisotopic (exact) mass is 350 g/mol. The topological polar surface area (TPSA) is 72.3 Å². The first kappa shape index (κ1) is 13.0. The van der Waals surface area contributed by atoms with Crippen LogP contribution in [0.15, 0.2) is 40.4 Å². The van der Waals surface area contributed by atoms with Crippen molar-refractivity contribution in [1.82, 2.24) is 9.97 Å². The van der Waals surface area contributed by atoms with Gasteiger partial charge in [-0.15, -0.1) is 11.3 Å². The Morgan fingerprint density at radius 2 is 2.15 bits per heavy atom. The second-order valence-electron chi connectivity index (χ2n) is 3.87. The summed E-state index contributed by atoms with van der Waals surface area (Å²) in [6.07, 6.45) is 1.40. The minimum atomic E-state index is -1.05. The van der Waals surface area contributed by atoms with Crippen molar-refractivity contribution in [1.29, 1.82) is 0 Å². The van der Waals surface area contributed by atoms with Gasteiger partial charge in [0.1, 0.15) is 22.5 Å². The molecule has 100 valence electrons. The van der Waals surface area contributed by atoms with Gasteiger partial charge in [0, 0.05) is 4.47 Å². The van der Waals surface area contributed by atoms with Crippen molar-refractivity contribution in [2.45, 2.75) is 0 Å². The van der Waals surface area contributed by atoms with Crippen LogP contribution in [-0.4, -0.2) is 21.0 Å². The number of aromatic nitrogens is 2. The molecule has 0 spiro atoms. The van der Waals surface area contributed by atoms with Gasteiger partial charge >= 0.3 is 5.97 Å². The maximum Gasteiger partial charge on any atom is 0.339 e. The highest BCUT2D eigenvalue weighted by Crippen LogP contribution is 2.32. The van der Waals surface area contributed by atoms with Crippen molar-refractivity contribution >= 4 is 43.5 Å². The highest BCUT2D eigenvalue weighted by atomic mass is 79.9. The number of carboxylic acids is 1. The lowest BCUT2D eigenvalue weighted by Crippen LogP contribution is -2.00. The first-order valence-corrected chi connectivity index (χ1v) is 7.21. The SMILES string of the molecule is O=C(O)c1ccc(Br)cc1Oc1ncnc2sccc12. The van der Waals surface area contributed by atoms with E-state index >= 15 is 0 Å². The Balaban J connectivity index is 2.09. The first-order valence-electron chi connectivity index (χ1n) is 5.54. The zero-order chi connectivity index (χ0) is 14.1. The molecule has 0 atom stereocenters. The molecule has 5 nitrogen and oxygen atoms in total. The van der Waals surface area contributed by atoms with Gasteiger partial charge in [0.25, 0.3) is 0 Å². The van der Waals surface area contributed by atoms with E-state index in [1.165, 1.54) is 23.7 Å². The molecule has 0 amide bonds. The van der Waals surface area contributed by atoms with Gasteiger partial charge in [0.15, 0.2) is 0 Å². The zero-order valence-electron chi connectivity index (χ0n) is 9.91. The van der Waals surface area contributed by atoms with E-state index in [1.54, 1.807) is 12.1 Å². The molecule has 0 bridgehead atoms. The van der Waals surface area contributed by atoms with E-state index in [2.05, 4.69) is 25.9 Å². The van der Waals surface area contributed by atoms with Gasteiger partial charge in [0.05, 0.1) is 5.39 Å². The first-order chi connectivity index (χ1) is 9.65. The van der Waals surface area contributed by atoms with Gasteiger partial charge in [-0.1, -0.05) is 15.9 Å². The second-order valence-corrected chi connectivity index (χ2v) is 5.68. The average molecular weight is 351 g/mol. The number of benzene rings is 1. The fourth-order valence-electron chi connectivity index (χ4n) is 1.71. The summed E-state index contributed by atoms with van der Waals surface area (Å²) in [5, 5.41) is 11.8. The lowest BCUT2D eigenvalue weighted by Gasteiger charge is -2.08. The van der Waals surface area contributed by atoms with E-state index in [4.69, 9.17) is 4.74 Å². The minimum absolute atomic E-state index is 0.0789. The molecule has 3 aromatic rings. The van der Waals surface area contributed by atoms with Crippen molar-refractivity contribution in [3.05, 3.63) is 46.0 Å². The molecular formula is C13H7BrN2O3S. The highest BCUT2D eigenvalue weighted by Gasteiger charge is 2.15. The summed E-state index contributed by atoms with van der Waals surface area (Å²) in [4.78, 5) is 20.2. The van der Waals surface area contributed by atoms with E-state index in [1.807, 2.05) is 11.4 Å². The van der Waals surface area contributed by atoms with Crippen molar-refractivity contribution < 1.29 is 14.6 Å². The number of carboxylic acid groups (broad SMARTS) is 1. The standard InChI is InChI=1S/C13H7BrN2O3S/c14-7-1-2-8(13(17)18)10(5-7)19-11-9-3-4-20-12(9)16-6-15-11/h1-6H,(H,17,18). The Morgan fingerprint density at radius 3 is 2.95 bits per heavy atom. The average Bonchev–Trinajstić information content (AvgIpc) is 2.88. The Bertz CT molecular complexity index is 803. The Hall–Kier alpha value is -1.99. The molecule has 7 heteroatoms. The van der Waals surface area contributed by atoms with Crippen LogP contribution < -0.4 is 4.74 Å². The van der Waals surface area contributed by atoms with Gasteiger partial charge in [-0.3, -0.25) is 0 Å². The molecule has 0 radical (unpaired) electrons. The molecule has 0 aliphatic carbocycles. The van der Waals surface area contributed by atoms with E-state index in [-0.39, 0.29) is 11.3 Å². The summed E-state index contributed by atoms with van der Waals surface area (Å²) in [5.41, 5.74) is 0.0789. The number of fused-ring (bicyclic) bond motifs is 1. The molecule has 0 fully saturated rings. The minimum Gasteiger partial charge on any atom is -0.478 e. The maximum absolute atomic E-state index is 11.2. The Morgan fingerprint density at radius 1 is 1.30 bits per heavy atom. The molecule has 3 rings (SSSR count). The number of halogens is 1. The van der Waals surface area contributed by atoms with Crippen molar-refractivity contribution in [3.63, 3.8) is 0 Å². The van der Waals surface area contributed by atoms with Crippen molar-refractivity contribution in [2.75, 3.05) is 0 Å². The molecule has 20 heavy (non-hydrogen) atoms. The number of hydrogen-bond acceptors (Lipinski definition) is 5. The van der Waals surface area contributed by atoms with Gasteiger partial charge < -0.3 is 9.84 Å². The van der Waals surface area contributed by atoms with Crippen LogP contribution in [-0.2, 0) is 0 Å². The summed E-state index contributed by atoms with van der Waals surface area (Å²) in [6, 6.07) is 6.57. The van der Waals surface area contributed by atoms with Crippen LogP contribution in [0.25, 0.3) is 10.2 Å². The summed E-state index contributed by atoms with van der Waals surface area (Å²) in [5.74, 6) is -0.474. The number of ether oxygens (including phenoxy) is 1. The molecule has 0 saturated heterocycles. The smallest absolute Gasteiger partial charge is 0.339 e. The Kier molecular flexibility index (Phi) is 3.37. The summed E-state index contributed by atoms with van der Waals surface area (Å²) >= 11 is 4.77. The summed E-state index contributed by atoms with van der Waals surface area (Å²) < 4.78 is 6.40. The maximum atomic E-state index is 11.2. The van der Waals surface area contributed by atoms with Crippen molar-refractivity contribution in [3.8, 4) is 11.6 Å². The number of thiophene rings is 1.